The van der Waals surface area contributed by atoms with Crippen molar-refractivity contribution in [2.45, 2.75) is 18.9 Å². The fourth-order valence-electron chi connectivity index (χ4n) is 1.03. The molecule has 1 atom stereocenters. The van der Waals surface area contributed by atoms with Gasteiger partial charge in [-0.25, -0.2) is 4.79 Å². The summed E-state index contributed by atoms with van der Waals surface area (Å²) in [6.45, 7) is 2.66. The Morgan fingerprint density at radius 1 is 1.62 bits per heavy atom. The van der Waals surface area contributed by atoms with Crippen LogP contribution in [0, 0.1) is 0 Å². The lowest BCUT2D eigenvalue weighted by Crippen LogP contribution is -2.45. The first kappa shape index (κ1) is 12.3. The Morgan fingerprint density at radius 3 is 2.54 bits per heavy atom. The van der Waals surface area contributed by atoms with E-state index in [0.29, 0.717) is 13.1 Å². The summed E-state index contributed by atoms with van der Waals surface area (Å²) >= 11 is 0. The van der Waals surface area contributed by atoms with Crippen LogP contribution in [0.25, 0.3) is 0 Å². The van der Waals surface area contributed by atoms with Crippen LogP contribution in [0.1, 0.15) is 13.3 Å². The van der Waals surface area contributed by atoms with Gasteiger partial charge in [0.2, 0.25) is 0 Å². The molecule has 5 heteroatoms. The molecule has 0 aromatic heterocycles. The van der Waals surface area contributed by atoms with Gasteiger partial charge in [-0.1, -0.05) is 0 Å². The highest BCUT2D eigenvalue weighted by Crippen LogP contribution is 2.05. The van der Waals surface area contributed by atoms with Crippen molar-refractivity contribution < 1.29 is 15.0 Å². The molecule has 0 aliphatic rings. The molecule has 13 heavy (non-hydrogen) atoms. The molecular formula is C8H18N2O3. The highest BCUT2D eigenvalue weighted by Gasteiger charge is 2.30. The third kappa shape index (κ3) is 4.82. The van der Waals surface area contributed by atoms with Crippen LogP contribution in [0.15, 0.2) is 0 Å². The molecule has 0 aromatic rings. The minimum atomic E-state index is -1.68. The molecule has 0 rings (SSSR count). The summed E-state index contributed by atoms with van der Waals surface area (Å²) in [5.74, 6) is -1.20. The Kier molecular flexibility index (Phi) is 4.90. The van der Waals surface area contributed by atoms with Gasteiger partial charge in [0.1, 0.15) is 0 Å². The number of carbonyl (C=O) groups is 1. The number of likely N-dealkylation sites (N-methyl/N-ethyl adjacent to an activating group) is 1. The first-order chi connectivity index (χ1) is 5.90. The maximum absolute atomic E-state index is 10.5. The van der Waals surface area contributed by atoms with Crippen LogP contribution in [-0.2, 0) is 4.79 Å². The zero-order chi connectivity index (χ0) is 10.5. The molecular weight excluding hydrogens is 172 g/mol. The van der Waals surface area contributed by atoms with Gasteiger partial charge in [-0.3, -0.25) is 0 Å². The van der Waals surface area contributed by atoms with Gasteiger partial charge >= 0.3 is 5.97 Å². The van der Waals surface area contributed by atoms with Crippen molar-refractivity contribution >= 4 is 5.97 Å². The molecule has 0 bridgehead atoms. The minimum absolute atomic E-state index is 0.113. The lowest BCUT2D eigenvalue weighted by Gasteiger charge is -2.25. The molecule has 0 aliphatic heterocycles. The van der Waals surface area contributed by atoms with Gasteiger partial charge in [0.25, 0.3) is 0 Å². The number of aliphatic carboxylic acids is 1. The standard InChI is InChI=1S/C8H18N2O3/c1-8(13,7(11)12)6-10(2)5-3-4-9/h13H,3-6,9H2,1-2H3,(H,11,12). The number of nitrogens with zero attached hydrogens (tertiary/aromatic N) is 1. The van der Waals surface area contributed by atoms with Crippen molar-refractivity contribution in [3.05, 3.63) is 0 Å². The summed E-state index contributed by atoms with van der Waals surface area (Å²) in [5.41, 5.74) is 3.62. The van der Waals surface area contributed by atoms with E-state index in [9.17, 15) is 9.90 Å². The van der Waals surface area contributed by atoms with E-state index in [1.165, 1.54) is 6.92 Å². The number of hydrogen-bond acceptors (Lipinski definition) is 4. The molecule has 1 unspecified atom stereocenters. The van der Waals surface area contributed by atoms with Crippen LogP contribution in [0.2, 0.25) is 0 Å². The molecule has 0 saturated carbocycles. The van der Waals surface area contributed by atoms with E-state index in [1.807, 2.05) is 0 Å². The third-order valence-electron chi connectivity index (χ3n) is 1.78. The van der Waals surface area contributed by atoms with Gasteiger partial charge in [-0.15, -0.1) is 0 Å². The van der Waals surface area contributed by atoms with E-state index < -0.39 is 11.6 Å². The highest BCUT2D eigenvalue weighted by molar-refractivity contribution is 5.76. The summed E-state index contributed by atoms with van der Waals surface area (Å²) in [5, 5.41) is 18.0. The molecule has 0 amide bonds. The van der Waals surface area contributed by atoms with E-state index in [1.54, 1.807) is 11.9 Å². The van der Waals surface area contributed by atoms with Crippen LogP contribution in [0.4, 0.5) is 0 Å². The Labute approximate surface area is 78.1 Å². The Balaban J connectivity index is 3.89. The summed E-state index contributed by atoms with van der Waals surface area (Å²) in [6.07, 6.45) is 0.798. The molecule has 78 valence electrons. The largest absolute Gasteiger partial charge is 0.479 e. The zero-order valence-electron chi connectivity index (χ0n) is 8.16. The second-order valence-corrected chi connectivity index (χ2v) is 3.46. The lowest BCUT2D eigenvalue weighted by atomic mass is 10.1. The van der Waals surface area contributed by atoms with Crippen molar-refractivity contribution in [3.8, 4) is 0 Å². The average Bonchev–Trinajstić information content (AvgIpc) is 1.99. The topological polar surface area (TPSA) is 86.8 Å². The SMILES string of the molecule is CN(CCCN)CC(C)(O)C(=O)O. The second kappa shape index (κ2) is 5.16. The van der Waals surface area contributed by atoms with Crippen molar-refractivity contribution in [3.63, 3.8) is 0 Å². The van der Waals surface area contributed by atoms with Crippen LogP contribution in [0.3, 0.4) is 0 Å². The van der Waals surface area contributed by atoms with E-state index in [2.05, 4.69) is 0 Å². The Bertz CT molecular complexity index is 171. The molecule has 4 N–H and O–H groups in total. The van der Waals surface area contributed by atoms with Crippen LogP contribution in [-0.4, -0.2) is 53.4 Å². The quantitative estimate of drug-likeness (QED) is 0.505. The number of carboxylic acids is 1. The van der Waals surface area contributed by atoms with Gasteiger partial charge in [-0.2, -0.15) is 0 Å². The molecule has 0 heterocycles. The highest BCUT2D eigenvalue weighted by atomic mass is 16.4. The zero-order valence-corrected chi connectivity index (χ0v) is 8.16. The predicted octanol–water partition coefficient (Wildman–Crippen LogP) is -0.897. The maximum Gasteiger partial charge on any atom is 0.336 e. The van der Waals surface area contributed by atoms with Crippen molar-refractivity contribution in [1.29, 1.82) is 0 Å². The molecule has 0 fully saturated rings. The monoisotopic (exact) mass is 190 g/mol. The smallest absolute Gasteiger partial charge is 0.336 e. The average molecular weight is 190 g/mol. The molecule has 0 spiro atoms. The number of hydrogen-bond donors (Lipinski definition) is 3. The fraction of sp³-hybridized carbons (Fsp3) is 0.875. The van der Waals surface area contributed by atoms with Crippen LogP contribution < -0.4 is 5.73 Å². The predicted molar refractivity (Wildman–Crippen MR) is 49.4 cm³/mol. The minimum Gasteiger partial charge on any atom is -0.479 e. The molecule has 0 aliphatic carbocycles. The van der Waals surface area contributed by atoms with Gasteiger partial charge in [0, 0.05) is 6.54 Å². The second-order valence-electron chi connectivity index (χ2n) is 3.46. The summed E-state index contributed by atoms with van der Waals surface area (Å²) in [4.78, 5) is 12.3. The fourth-order valence-corrected chi connectivity index (χ4v) is 1.03. The molecule has 5 nitrogen and oxygen atoms in total. The van der Waals surface area contributed by atoms with Crippen molar-refractivity contribution in [1.82, 2.24) is 4.90 Å². The molecule has 0 aromatic carbocycles. The van der Waals surface area contributed by atoms with E-state index in [-0.39, 0.29) is 6.54 Å². The third-order valence-corrected chi connectivity index (χ3v) is 1.78. The number of aliphatic hydroxyl groups is 1. The number of carboxylic acid groups (broad SMARTS) is 1. The normalized spacial score (nSPS) is 15.8. The summed E-state index contributed by atoms with van der Waals surface area (Å²) in [6, 6.07) is 0. The van der Waals surface area contributed by atoms with Gasteiger partial charge in [-0.05, 0) is 33.5 Å². The van der Waals surface area contributed by atoms with Crippen LogP contribution in [0.5, 0.6) is 0 Å². The molecule has 0 saturated heterocycles. The maximum atomic E-state index is 10.5. The van der Waals surface area contributed by atoms with E-state index in [0.717, 1.165) is 6.42 Å². The number of nitrogens with two attached hydrogens (primary N) is 1. The first-order valence-electron chi connectivity index (χ1n) is 4.24. The summed E-state index contributed by atoms with van der Waals surface area (Å²) < 4.78 is 0. The van der Waals surface area contributed by atoms with Gasteiger partial charge in [0.15, 0.2) is 5.60 Å². The van der Waals surface area contributed by atoms with Gasteiger partial charge in [0.05, 0.1) is 0 Å². The number of rotatable bonds is 6. The summed E-state index contributed by atoms with van der Waals surface area (Å²) in [7, 11) is 1.76. The van der Waals surface area contributed by atoms with Gasteiger partial charge < -0.3 is 20.8 Å². The van der Waals surface area contributed by atoms with Crippen molar-refractivity contribution in [2.75, 3.05) is 26.7 Å². The lowest BCUT2D eigenvalue weighted by molar-refractivity contribution is -0.158. The van der Waals surface area contributed by atoms with E-state index >= 15 is 0 Å². The Hall–Kier alpha value is -0.650. The Morgan fingerprint density at radius 2 is 2.15 bits per heavy atom. The van der Waals surface area contributed by atoms with Crippen LogP contribution >= 0.6 is 0 Å². The van der Waals surface area contributed by atoms with E-state index in [4.69, 9.17) is 10.8 Å². The molecule has 0 radical (unpaired) electrons. The van der Waals surface area contributed by atoms with Crippen molar-refractivity contribution in [2.24, 2.45) is 5.73 Å². The first-order valence-corrected chi connectivity index (χ1v) is 4.24.